The van der Waals surface area contributed by atoms with Crippen LogP contribution < -0.4 is 0 Å². The molecule has 0 fully saturated rings. The van der Waals surface area contributed by atoms with Crippen molar-refractivity contribution in [2.75, 3.05) is 0 Å². The summed E-state index contributed by atoms with van der Waals surface area (Å²) in [6.07, 6.45) is 7.06. The van der Waals surface area contributed by atoms with Crippen molar-refractivity contribution in [2.45, 2.75) is 27.7 Å². The van der Waals surface area contributed by atoms with E-state index in [0.717, 1.165) is 22.8 Å². The Kier molecular flexibility index (Phi) is 20.0. The summed E-state index contributed by atoms with van der Waals surface area (Å²) in [6.45, 7) is 6.98. The van der Waals surface area contributed by atoms with E-state index in [1.54, 1.807) is 37.0 Å². The number of nitriles is 2. The monoisotopic (exact) mass is 866 g/mol. The van der Waals surface area contributed by atoms with Crippen molar-refractivity contribution in [1.29, 1.82) is 10.5 Å². The standard InChI is InChI=1S/2C13H12N2.2C2H3N.2F6P.Ru/c2*1-11-5-7-12(8-6-11)15-10-13-4-2-3-9-14-13;2*1-2-3;2*1-7(2,3,4,5)6;/h2*2-10H,1H3;2*1H3;;;/q;;;;2*-1;+2. The number of halogens is 12. The predicted octanol–water partition coefficient (Wildman–Crippen LogP) is 14.1. The maximum Gasteiger partial charge on any atom is 2.00 e. The Morgan fingerprint density at radius 1 is 0.510 bits per heavy atom. The Bertz CT molecular complexity index is 1560. The van der Waals surface area contributed by atoms with Gasteiger partial charge in [-0.1, -0.05) is 47.5 Å². The fourth-order valence-electron chi connectivity index (χ4n) is 2.45. The van der Waals surface area contributed by atoms with Crippen LogP contribution >= 0.6 is 15.6 Å². The molecule has 0 saturated heterocycles. The molecule has 0 radical (unpaired) electrons. The van der Waals surface area contributed by atoms with E-state index in [1.165, 1.54) is 25.0 Å². The minimum atomic E-state index is -10.7. The van der Waals surface area contributed by atoms with Gasteiger partial charge in [0.1, 0.15) is 0 Å². The van der Waals surface area contributed by atoms with Crippen molar-refractivity contribution >= 4 is 39.4 Å². The Morgan fingerprint density at radius 3 is 0.941 bits per heavy atom. The summed E-state index contributed by atoms with van der Waals surface area (Å²) in [4.78, 5) is 17.0. The van der Waals surface area contributed by atoms with Crippen molar-refractivity contribution < 1.29 is 69.8 Å². The van der Waals surface area contributed by atoms with Gasteiger partial charge in [-0.2, -0.15) is 10.5 Å². The molecule has 0 aliphatic rings. The summed E-state index contributed by atoms with van der Waals surface area (Å²) >= 11 is 0. The summed E-state index contributed by atoms with van der Waals surface area (Å²) in [5.41, 5.74) is 6.13. The number of aliphatic imine (C=N–C) groups is 2. The molecule has 0 saturated carbocycles. The molecule has 21 heteroatoms. The maximum absolute atomic E-state index is 10.7. The number of nitrogens with zero attached hydrogens (tertiary/aromatic N) is 6. The SMILES string of the molecule is CC#N.CC#N.Cc1ccc(N=Cc2ccccn2)cc1.Cc1ccc(N=Cc2ccccn2)cc1.F[P-](F)(F)(F)(F)F.F[P-](F)(F)(F)(F)F.[Ru+2]. The number of hydrogen-bond donors (Lipinski definition) is 0. The molecule has 0 N–H and O–H groups in total. The molecule has 51 heavy (non-hydrogen) atoms. The molecule has 2 aromatic carbocycles. The first kappa shape index (κ1) is 51.1. The molecular weight excluding hydrogens is 835 g/mol. The number of hydrogen-bond acceptors (Lipinski definition) is 6. The van der Waals surface area contributed by atoms with Gasteiger partial charge in [0, 0.05) is 26.2 Å². The minimum Gasteiger partial charge on any atom is 2.00 e. The summed E-state index contributed by atoms with van der Waals surface area (Å²) < 4.78 is 118. The third-order valence-electron chi connectivity index (χ3n) is 4.14. The fraction of sp³-hybridized carbons (Fsp3) is 0.133. The van der Waals surface area contributed by atoms with E-state index in [1.807, 2.05) is 84.9 Å². The van der Waals surface area contributed by atoms with Crippen LogP contribution in [0, 0.1) is 36.5 Å². The second-order valence-corrected chi connectivity index (χ2v) is 12.9. The molecule has 0 spiro atoms. The molecule has 0 amide bonds. The average Bonchev–Trinajstić information content (AvgIpc) is 2.96. The Labute approximate surface area is 298 Å². The molecule has 2 aromatic heterocycles. The van der Waals surface area contributed by atoms with Gasteiger partial charge in [-0.3, -0.25) is 20.0 Å². The molecule has 0 aliphatic carbocycles. The van der Waals surface area contributed by atoms with E-state index in [2.05, 4.69) is 33.8 Å². The number of benzene rings is 2. The Morgan fingerprint density at radius 2 is 0.745 bits per heavy atom. The van der Waals surface area contributed by atoms with Crippen molar-refractivity contribution in [3.8, 4) is 12.1 Å². The first-order valence-electron chi connectivity index (χ1n) is 13.2. The van der Waals surface area contributed by atoms with Crippen LogP contribution in [0.1, 0.15) is 36.4 Å². The zero-order valence-electron chi connectivity index (χ0n) is 26.9. The number of pyridine rings is 2. The van der Waals surface area contributed by atoms with Gasteiger partial charge in [0.2, 0.25) is 0 Å². The second-order valence-electron chi connectivity index (χ2n) is 9.06. The Balaban J connectivity index is -0.000000598. The molecular formula is C30H30F12N6P2Ru. The fourth-order valence-corrected chi connectivity index (χ4v) is 2.45. The van der Waals surface area contributed by atoms with Crippen LogP contribution in [-0.4, -0.2) is 22.4 Å². The van der Waals surface area contributed by atoms with Crippen molar-refractivity contribution in [2.24, 2.45) is 9.98 Å². The van der Waals surface area contributed by atoms with Crippen LogP contribution in [0.4, 0.5) is 61.7 Å². The van der Waals surface area contributed by atoms with Crippen molar-refractivity contribution in [1.82, 2.24) is 9.97 Å². The molecule has 2 heterocycles. The van der Waals surface area contributed by atoms with E-state index in [4.69, 9.17) is 10.5 Å². The summed E-state index contributed by atoms with van der Waals surface area (Å²) in [7, 11) is -21.3. The van der Waals surface area contributed by atoms with E-state index >= 15 is 0 Å². The third kappa shape index (κ3) is 50.2. The molecule has 4 rings (SSSR count). The van der Waals surface area contributed by atoms with Gasteiger partial charge in [-0.15, -0.1) is 0 Å². The van der Waals surface area contributed by atoms with Gasteiger partial charge >= 0.3 is 85.5 Å². The maximum atomic E-state index is 9.87. The molecule has 282 valence electrons. The van der Waals surface area contributed by atoms with Gasteiger partial charge in [-0.25, -0.2) is 0 Å². The quantitative estimate of drug-likeness (QED) is 0.0883. The van der Waals surface area contributed by atoms with Crippen LogP contribution in [0.25, 0.3) is 0 Å². The van der Waals surface area contributed by atoms with Crippen LogP contribution in [0.2, 0.25) is 0 Å². The summed E-state index contributed by atoms with van der Waals surface area (Å²) in [5.74, 6) is 0. The molecule has 0 aliphatic heterocycles. The van der Waals surface area contributed by atoms with Crippen LogP contribution in [0.3, 0.4) is 0 Å². The van der Waals surface area contributed by atoms with Gasteiger partial charge in [0.25, 0.3) is 0 Å². The smallest absolute Gasteiger partial charge is 2.00 e. The van der Waals surface area contributed by atoms with Crippen LogP contribution in [-0.2, 0) is 19.5 Å². The largest absolute Gasteiger partial charge is 2.00 e. The predicted molar refractivity (Wildman–Crippen MR) is 175 cm³/mol. The molecule has 4 aromatic rings. The second kappa shape index (κ2) is 19.9. The van der Waals surface area contributed by atoms with Crippen molar-refractivity contribution in [3.05, 3.63) is 120 Å². The van der Waals surface area contributed by atoms with E-state index in [9.17, 15) is 50.4 Å². The normalized spacial score (nSPS) is 13.0. The number of rotatable bonds is 4. The molecule has 0 atom stereocenters. The Hall–Kier alpha value is -4.30. The number of aryl methyl sites for hydroxylation is 2. The average molecular weight is 866 g/mol. The van der Waals surface area contributed by atoms with Gasteiger partial charge in [-0.05, 0) is 62.4 Å². The van der Waals surface area contributed by atoms with E-state index in [0.29, 0.717) is 0 Å². The minimum absolute atomic E-state index is 0. The number of aromatic nitrogens is 2. The van der Waals surface area contributed by atoms with Crippen LogP contribution in [0.5, 0.6) is 0 Å². The zero-order chi connectivity index (χ0) is 39.3. The third-order valence-corrected chi connectivity index (χ3v) is 4.14. The topological polar surface area (TPSA) is 98.1 Å². The van der Waals surface area contributed by atoms with Crippen LogP contribution in [0.15, 0.2) is 107 Å². The zero-order valence-corrected chi connectivity index (χ0v) is 30.4. The van der Waals surface area contributed by atoms with Gasteiger partial charge < -0.3 is 0 Å². The van der Waals surface area contributed by atoms with E-state index in [-0.39, 0.29) is 19.5 Å². The molecule has 6 nitrogen and oxygen atoms in total. The summed E-state index contributed by atoms with van der Waals surface area (Å²) in [5, 5.41) is 14.6. The van der Waals surface area contributed by atoms with Gasteiger partial charge in [0.15, 0.2) is 0 Å². The van der Waals surface area contributed by atoms with E-state index < -0.39 is 15.6 Å². The first-order chi connectivity index (χ1) is 22.4. The molecule has 0 bridgehead atoms. The van der Waals surface area contributed by atoms with Crippen molar-refractivity contribution in [3.63, 3.8) is 0 Å². The molecule has 0 unspecified atom stereocenters. The van der Waals surface area contributed by atoms with Gasteiger partial charge in [0.05, 0.1) is 47.3 Å². The first-order valence-corrected chi connectivity index (χ1v) is 17.3. The summed E-state index contributed by atoms with van der Waals surface area (Å²) in [6, 6.07) is 31.2.